The topological polar surface area (TPSA) is 61.4 Å². The van der Waals surface area contributed by atoms with Crippen molar-refractivity contribution in [1.82, 2.24) is 10.2 Å². The summed E-state index contributed by atoms with van der Waals surface area (Å²) in [5.74, 6) is 0.0580. The maximum absolute atomic E-state index is 12.9. The fourth-order valence-electron chi connectivity index (χ4n) is 2.77. The molecule has 0 bridgehead atoms. The third kappa shape index (κ3) is 4.20. The summed E-state index contributed by atoms with van der Waals surface area (Å²) >= 11 is 1.65. The third-order valence-electron chi connectivity index (χ3n) is 4.48. The van der Waals surface area contributed by atoms with Crippen LogP contribution < -0.4 is 10.6 Å². The van der Waals surface area contributed by atoms with Crippen molar-refractivity contribution in [3.8, 4) is 0 Å². The second-order valence-electron chi connectivity index (χ2n) is 6.75. The summed E-state index contributed by atoms with van der Waals surface area (Å²) in [6.07, 6.45) is 4.28. The molecule has 0 radical (unpaired) electrons. The number of urea groups is 1. The fraction of sp³-hybridized carbons (Fsp3) is 0.368. The Kier molecular flexibility index (Phi) is 4.44. The van der Waals surface area contributed by atoms with Crippen molar-refractivity contribution in [2.24, 2.45) is 0 Å². The molecule has 1 aromatic carbocycles. The van der Waals surface area contributed by atoms with E-state index in [1.54, 1.807) is 35.6 Å². The van der Waals surface area contributed by atoms with E-state index in [0.717, 1.165) is 25.7 Å². The van der Waals surface area contributed by atoms with Gasteiger partial charge in [0.1, 0.15) is 0 Å². The van der Waals surface area contributed by atoms with E-state index in [1.807, 2.05) is 10.3 Å². The van der Waals surface area contributed by atoms with Gasteiger partial charge in [0.25, 0.3) is 5.91 Å². The van der Waals surface area contributed by atoms with Crippen LogP contribution >= 0.6 is 11.3 Å². The predicted molar refractivity (Wildman–Crippen MR) is 98.8 cm³/mol. The maximum atomic E-state index is 12.9. The van der Waals surface area contributed by atoms with Crippen LogP contribution in [0.15, 0.2) is 41.1 Å². The summed E-state index contributed by atoms with van der Waals surface area (Å²) in [5.41, 5.74) is 2.54. The quantitative estimate of drug-likeness (QED) is 0.827. The van der Waals surface area contributed by atoms with Crippen molar-refractivity contribution in [1.29, 1.82) is 0 Å². The highest BCUT2D eigenvalue weighted by Crippen LogP contribution is 2.30. The molecule has 2 N–H and O–H groups in total. The van der Waals surface area contributed by atoms with Crippen LogP contribution in [0.4, 0.5) is 10.5 Å². The van der Waals surface area contributed by atoms with E-state index in [9.17, 15) is 9.59 Å². The average Bonchev–Trinajstić information content (AvgIpc) is 3.54. The first-order valence-electron chi connectivity index (χ1n) is 8.68. The number of carbonyl (C=O) groups is 2. The van der Waals surface area contributed by atoms with Crippen LogP contribution in [0.25, 0.3) is 0 Å². The van der Waals surface area contributed by atoms with Crippen molar-refractivity contribution < 1.29 is 9.59 Å². The molecule has 0 atom stereocenters. The molecule has 3 amide bonds. The molecule has 0 spiro atoms. The number of anilines is 1. The van der Waals surface area contributed by atoms with E-state index in [1.165, 1.54) is 5.56 Å². The minimum atomic E-state index is -0.182. The lowest BCUT2D eigenvalue weighted by molar-refractivity contribution is 0.0730. The molecule has 1 aromatic heterocycles. The number of amides is 3. The van der Waals surface area contributed by atoms with Crippen LogP contribution in [0.1, 0.15) is 41.6 Å². The number of thiophene rings is 1. The Labute approximate surface area is 151 Å². The fourth-order valence-corrected chi connectivity index (χ4v) is 3.43. The molecule has 2 saturated carbocycles. The Morgan fingerprint density at radius 1 is 1.08 bits per heavy atom. The maximum Gasteiger partial charge on any atom is 0.319 e. The van der Waals surface area contributed by atoms with Gasteiger partial charge in [-0.25, -0.2) is 4.79 Å². The number of benzene rings is 1. The third-order valence-corrected chi connectivity index (χ3v) is 5.22. The second-order valence-corrected chi connectivity index (χ2v) is 7.53. The zero-order valence-electron chi connectivity index (χ0n) is 13.9. The number of carbonyl (C=O) groups excluding carboxylic acids is 2. The molecule has 0 saturated heterocycles. The van der Waals surface area contributed by atoms with E-state index in [4.69, 9.17) is 0 Å². The molecule has 25 heavy (non-hydrogen) atoms. The zero-order valence-corrected chi connectivity index (χ0v) is 14.7. The van der Waals surface area contributed by atoms with Gasteiger partial charge in [0, 0.05) is 29.9 Å². The molecule has 2 aromatic rings. The lowest BCUT2D eigenvalue weighted by Crippen LogP contribution is -2.32. The first-order chi connectivity index (χ1) is 12.2. The molecule has 2 aliphatic carbocycles. The van der Waals surface area contributed by atoms with Gasteiger partial charge in [-0.15, -0.1) is 0 Å². The summed E-state index contributed by atoms with van der Waals surface area (Å²) in [6, 6.07) is 9.72. The summed E-state index contributed by atoms with van der Waals surface area (Å²) in [5, 5.41) is 9.82. The first kappa shape index (κ1) is 16.1. The molecule has 0 unspecified atom stereocenters. The molecular formula is C19H21N3O2S. The number of rotatable bonds is 6. The average molecular weight is 355 g/mol. The van der Waals surface area contributed by atoms with E-state index in [-0.39, 0.29) is 11.9 Å². The molecule has 0 aliphatic heterocycles. The molecule has 1 heterocycles. The summed E-state index contributed by atoms with van der Waals surface area (Å²) in [4.78, 5) is 26.6. The normalized spacial score (nSPS) is 16.3. The SMILES string of the molecule is O=C(Nc1ccc(C(=O)N(Cc2ccsc2)C2CC2)cc1)NC1CC1. The molecule has 2 fully saturated rings. The van der Waals surface area contributed by atoms with E-state index in [0.29, 0.717) is 29.9 Å². The van der Waals surface area contributed by atoms with Crippen molar-refractivity contribution in [3.63, 3.8) is 0 Å². The number of nitrogens with one attached hydrogen (secondary N) is 2. The van der Waals surface area contributed by atoms with Gasteiger partial charge in [0.2, 0.25) is 0 Å². The minimum absolute atomic E-state index is 0.0580. The zero-order chi connectivity index (χ0) is 17.2. The smallest absolute Gasteiger partial charge is 0.319 e. The van der Waals surface area contributed by atoms with Gasteiger partial charge >= 0.3 is 6.03 Å². The van der Waals surface area contributed by atoms with Gasteiger partial charge in [-0.3, -0.25) is 4.79 Å². The summed E-state index contributed by atoms with van der Waals surface area (Å²) < 4.78 is 0. The van der Waals surface area contributed by atoms with Crippen molar-refractivity contribution in [2.45, 2.75) is 44.3 Å². The lowest BCUT2D eigenvalue weighted by Gasteiger charge is -2.22. The highest BCUT2D eigenvalue weighted by molar-refractivity contribution is 7.07. The first-order valence-corrected chi connectivity index (χ1v) is 9.63. The molecule has 6 heteroatoms. The highest BCUT2D eigenvalue weighted by atomic mass is 32.1. The summed E-state index contributed by atoms with van der Waals surface area (Å²) in [7, 11) is 0. The van der Waals surface area contributed by atoms with E-state index >= 15 is 0 Å². The van der Waals surface area contributed by atoms with Crippen molar-refractivity contribution in [3.05, 3.63) is 52.2 Å². The molecule has 4 rings (SSSR count). The van der Waals surface area contributed by atoms with Crippen LogP contribution in [-0.4, -0.2) is 28.9 Å². The van der Waals surface area contributed by atoms with Crippen LogP contribution in [-0.2, 0) is 6.54 Å². The van der Waals surface area contributed by atoms with Gasteiger partial charge in [0.15, 0.2) is 0 Å². The van der Waals surface area contributed by atoms with Gasteiger partial charge in [-0.05, 0) is 72.3 Å². The predicted octanol–water partition coefficient (Wildman–Crippen LogP) is 3.84. The summed E-state index contributed by atoms with van der Waals surface area (Å²) in [6.45, 7) is 0.663. The monoisotopic (exact) mass is 355 g/mol. The van der Waals surface area contributed by atoms with Gasteiger partial charge in [0.05, 0.1) is 0 Å². The van der Waals surface area contributed by atoms with Gasteiger partial charge in [-0.2, -0.15) is 11.3 Å². The van der Waals surface area contributed by atoms with E-state index in [2.05, 4.69) is 22.1 Å². The second kappa shape index (κ2) is 6.88. The molecular weight excluding hydrogens is 334 g/mol. The standard InChI is InChI=1S/C19H21N3O2S/c23-18(22(17-7-8-17)11-13-9-10-25-12-13)14-1-3-15(4-2-14)20-19(24)21-16-5-6-16/h1-4,9-10,12,16-17H,5-8,11H2,(H2,20,21,24). The van der Waals surface area contributed by atoms with Gasteiger partial charge in [-0.1, -0.05) is 0 Å². The number of hydrogen-bond donors (Lipinski definition) is 2. The van der Waals surface area contributed by atoms with Crippen LogP contribution in [0, 0.1) is 0 Å². The van der Waals surface area contributed by atoms with Crippen LogP contribution in [0.3, 0.4) is 0 Å². The largest absolute Gasteiger partial charge is 0.335 e. The Morgan fingerprint density at radius 2 is 1.84 bits per heavy atom. The lowest BCUT2D eigenvalue weighted by atomic mass is 10.1. The van der Waals surface area contributed by atoms with Gasteiger partial charge < -0.3 is 15.5 Å². The molecule has 2 aliphatic rings. The van der Waals surface area contributed by atoms with Crippen molar-refractivity contribution in [2.75, 3.05) is 5.32 Å². The highest BCUT2D eigenvalue weighted by Gasteiger charge is 2.33. The Bertz CT molecular complexity index is 749. The van der Waals surface area contributed by atoms with Crippen molar-refractivity contribution >= 4 is 29.0 Å². The number of nitrogens with zero attached hydrogens (tertiary/aromatic N) is 1. The van der Waals surface area contributed by atoms with Crippen LogP contribution in [0.2, 0.25) is 0 Å². The molecule has 130 valence electrons. The van der Waals surface area contributed by atoms with Crippen LogP contribution in [0.5, 0.6) is 0 Å². The number of hydrogen-bond acceptors (Lipinski definition) is 3. The molecule has 5 nitrogen and oxygen atoms in total. The minimum Gasteiger partial charge on any atom is -0.335 e. The Hall–Kier alpha value is -2.34. The Morgan fingerprint density at radius 3 is 2.44 bits per heavy atom. The van der Waals surface area contributed by atoms with E-state index < -0.39 is 0 Å². The Balaban J connectivity index is 1.40.